The van der Waals surface area contributed by atoms with Crippen molar-refractivity contribution in [1.82, 2.24) is 0 Å². The van der Waals surface area contributed by atoms with E-state index in [1.807, 2.05) is 56.3 Å². The molecule has 2 aromatic rings. The van der Waals surface area contributed by atoms with E-state index in [0.717, 1.165) is 25.8 Å². The van der Waals surface area contributed by atoms with E-state index in [1.165, 1.54) is 13.8 Å². The van der Waals surface area contributed by atoms with Gasteiger partial charge in [0.15, 0.2) is 0 Å². The van der Waals surface area contributed by atoms with Gasteiger partial charge in [0.05, 0.1) is 0 Å². The van der Waals surface area contributed by atoms with Gasteiger partial charge in [0.1, 0.15) is 0 Å². The van der Waals surface area contributed by atoms with Gasteiger partial charge < -0.3 is 0 Å². The second-order valence-corrected chi connectivity index (χ2v) is 8.38. The van der Waals surface area contributed by atoms with Crippen LogP contribution in [-0.4, -0.2) is 11.9 Å². The van der Waals surface area contributed by atoms with Crippen molar-refractivity contribution in [1.29, 1.82) is 0 Å². The number of hydrogen-bond donors (Lipinski definition) is 0. The van der Waals surface area contributed by atoms with Crippen LogP contribution in [0.1, 0.15) is 25.0 Å². The summed E-state index contributed by atoms with van der Waals surface area (Å²) < 4.78 is 11.5. The fourth-order valence-electron chi connectivity index (χ4n) is 2.33. The van der Waals surface area contributed by atoms with Crippen molar-refractivity contribution in [3.05, 3.63) is 57.2 Å². The van der Waals surface area contributed by atoms with Crippen molar-refractivity contribution in [2.45, 2.75) is 27.7 Å². The average Bonchev–Trinajstić information content (AvgIpc) is 2.46. The van der Waals surface area contributed by atoms with E-state index in [9.17, 15) is 9.59 Å². The minimum absolute atomic E-state index is 0.437. The molecule has 0 spiro atoms. The Morgan fingerprint density at radius 1 is 0.826 bits per heavy atom. The number of aryl methyl sites for hydroxylation is 2. The monoisotopic (exact) mass is 426 g/mol. The second-order valence-electron chi connectivity index (χ2n) is 5.10. The van der Waals surface area contributed by atoms with Crippen LogP contribution in [0.25, 0.3) is 11.1 Å². The molecule has 0 heterocycles. The number of hydrogen-bond acceptors (Lipinski definition) is 4. The topological polar surface area (TPSA) is 52.6 Å². The third-order valence-electron chi connectivity index (χ3n) is 3.15. The number of halogens is 1. The molecule has 0 atom stereocenters. The molecule has 0 bridgehead atoms. The van der Waals surface area contributed by atoms with Gasteiger partial charge in [-0.05, 0) is 0 Å². The van der Waals surface area contributed by atoms with E-state index in [4.69, 9.17) is 6.13 Å². The summed E-state index contributed by atoms with van der Waals surface area (Å²) in [5.41, 5.74) is 4.29. The molecule has 4 nitrogen and oxygen atoms in total. The van der Waals surface area contributed by atoms with Crippen LogP contribution < -0.4 is 0 Å². The molecular formula is C18H19IO4. The maximum absolute atomic E-state index is 11.4. The quantitative estimate of drug-likeness (QED) is 0.671. The molecule has 0 aliphatic heterocycles. The standard InChI is InChI=1S/C18H19IO4/c1-12-8-7-9-13(2)18(12)16-10-5-6-11-17(16)19(22-14(3)20)23-15(4)21/h5-11H,1-4H3. The minimum atomic E-state index is -2.86. The molecule has 0 fully saturated rings. The predicted octanol–water partition coefficient (Wildman–Crippen LogP) is 4.60. The first kappa shape index (κ1) is 17.5. The third kappa shape index (κ3) is 4.31. The van der Waals surface area contributed by atoms with E-state index in [-0.39, 0.29) is 0 Å². The molecule has 0 aliphatic carbocycles. The SMILES string of the molecule is CC(=O)OI(OC(C)=O)c1ccccc1-c1c(C)cccc1C. The van der Waals surface area contributed by atoms with E-state index in [1.54, 1.807) is 0 Å². The molecule has 0 radical (unpaired) electrons. The molecule has 0 aliphatic rings. The first-order chi connectivity index (χ1) is 10.9. The van der Waals surface area contributed by atoms with E-state index >= 15 is 0 Å². The number of carbonyl (C=O) groups is 2. The van der Waals surface area contributed by atoms with Crippen LogP contribution in [0.5, 0.6) is 0 Å². The zero-order chi connectivity index (χ0) is 17.0. The molecule has 0 N–H and O–H groups in total. The predicted molar refractivity (Wildman–Crippen MR) is 97.6 cm³/mol. The van der Waals surface area contributed by atoms with Crippen LogP contribution in [0.15, 0.2) is 42.5 Å². The van der Waals surface area contributed by atoms with E-state index in [0.29, 0.717) is 0 Å². The Kier molecular flexibility index (Phi) is 5.76. The fraction of sp³-hybridized carbons (Fsp3) is 0.222. The molecule has 122 valence electrons. The van der Waals surface area contributed by atoms with Gasteiger partial charge in [0.2, 0.25) is 0 Å². The van der Waals surface area contributed by atoms with Gasteiger partial charge in [-0.25, -0.2) is 0 Å². The van der Waals surface area contributed by atoms with Crippen molar-refractivity contribution in [2.24, 2.45) is 0 Å². The Balaban J connectivity index is 2.59. The zero-order valence-corrected chi connectivity index (χ0v) is 15.7. The van der Waals surface area contributed by atoms with Crippen molar-refractivity contribution >= 4 is 32.6 Å². The number of carbonyl (C=O) groups excluding carboxylic acids is 2. The Labute approximate surface area is 144 Å². The summed E-state index contributed by atoms with van der Waals surface area (Å²) in [6.07, 6.45) is 0. The second kappa shape index (κ2) is 7.59. The van der Waals surface area contributed by atoms with Gasteiger partial charge in [0.25, 0.3) is 0 Å². The molecule has 23 heavy (non-hydrogen) atoms. The van der Waals surface area contributed by atoms with Crippen LogP contribution >= 0.6 is 20.6 Å². The number of benzene rings is 2. The van der Waals surface area contributed by atoms with E-state index < -0.39 is 32.6 Å². The van der Waals surface area contributed by atoms with Crippen molar-refractivity contribution < 1.29 is 15.7 Å². The van der Waals surface area contributed by atoms with Gasteiger partial charge in [-0.3, -0.25) is 0 Å². The molecule has 0 unspecified atom stereocenters. The molecule has 0 saturated heterocycles. The van der Waals surface area contributed by atoms with Gasteiger partial charge in [-0.2, -0.15) is 0 Å². The first-order valence-corrected chi connectivity index (χ1v) is 9.98. The van der Waals surface area contributed by atoms with Crippen LogP contribution in [0.2, 0.25) is 0 Å². The molecular weight excluding hydrogens is 407 g/mol. The van der Waals surface area contributed by atoms with Gasteiger partial charge in [-0.1, -0.05) is 0 Å². The van der Waals surface area contributed by atoms with Gasteiger partial charge in [0, 0.05) is 0 Å². The van der Waals surface area contributed by atoms with E-state index in [2.05, 4.69) is 0 Å². The molecule has 0 aromatic heterocycles. The van der Waals surface area contributed by atoms with Crippen molar-refractivity contribution in [3.8, 4) is 11.1 Å². The maximum atomic E-state index is 11.4. The fourth-order valence-corrected chi connectivity index (χ4v) is 5.45. The van der Waals surface area contributed by atoms with Crippen molar-refractivity contribution in [2.75, 3.05) is 0 Å². The van der Waals surface area contributed by atoms with Crippen LogP contribution in [0.4, 0.5) is 0 Å². The number of rotatable bonds is 4. The first-order valence-electron chi connectivity index (χ1n) is 7.14. The molecule has 0 amide bonds. The molecule has 5 heteroatoms. The van der Waals surface area contributed by atoms with Gasteiger partial charge >= 0.3 is 144 Å². The summed E-state index contributed by atoms with van der Waals surface area (Å²) in [6.45, 7) is 6.73. The van der Waals surface area contributed by atoms with Crippen LogP contribution in [0.3, 0.4) is 0 Å². The normalized spacial score (nSPS) is 10.9. The molecule has 2 aromatic carbocycles. The summed E-state index contributed by atoms with van der Waals surface area (Å²) in [5, 5.41) is 0. The molecule has 2 rings (SSSR count). The zero-order valence-electron chi connectivity index (χ0n) is 13.6. The summed E-state index contributed by atoms with van der Waals surface area (Å²) in [6, 6.07) is 13.7. The summed E-state index contributed by atoms with van der Waals surface area (Å²) >= 11 is -2.86. The Morgan fingerprint density at radius 2 is 1.35 bits per heavy atom. The Morgan fingerprint density at radius 3 is 1.87 bits per heavy atom. The van der Waals surface area contributed by atoms with Crippen LogP contribution in [0, 0.1) is 17.4 Å². The summed E-state index contributed by atoms with van der Waals surface area (Å²) in [5.74, 6) is -0.875. The van der Waals surface area contributed by atoms with Crippen LogP contribution in [-0.2, 0) is 15.7 Å². The van der Waals surface area contributed by atoms with Gasteiger partial charge in [-0.15, -0.1) is 0 Å². The average molecular weight is 426 g/mol. The Bertz CT molecular complexity index is 703. The summed E-state index contributed by atoms with van der Waals surface area (Å²) in [7, 11) is 0. The Hall–Kier alpha value is -1.89. The van der Waals surface area contributed by atoms with Crippen molar-refractivity contribution in [3.63, 3.8) is 0 Å². The third-order valence-corrected chi connectivity index (χ3v) is 7.08. The summed E-state index contributed by atoms with van der Waals surface area (Å²) in [4.78, 5) is 22.8. The molecule has 0 saturated carbocycles.